The molecule has 1 aromatic heterocycles. The number of alkyl carbamates (subject to hydrolysis) is 1. The van der Waals surface area contributed by atoms with Crippen LogP contribution in [0.25, 0.3) is 10.9 Å². The summed E-state index contributed by atoms with van der Waals surface area (Å²) in [5, 5.41) is 3.99. The maximum absolute atomic E-state index is 12.0. The molecule has 0 bridgehead atoms. The lowest BCUT2D eigenvalue weighted by Gasteiger charge is -2.11. The second kappa shape index (κ2) is 8.58. The Morgan fingerprint density at radius 1 is 1.18 bits per heavy atom. The SMILES string of the molecule is O=C(N[C@@H]1CONC1=NCCc1c[nH]c2ccccc12)OCc1ccccc1. The van der Waals surface area contributed by atoms with Gasteiger partial charge >= 0.3 is 6.09 Å². The predicted molar refractivity (Wildman–Crippen MR) is 107 cm³/mol. The van der Waals surface area contributed by atoms with Gasteiger partial charge in [0.15, 0.2) is 0 Å². The number of nitrogens with zero attached hydrogens (tertiary/aromatic N) is 1. The molecule has 1 aliphatic rings. The fraction of sp³-hybridized carbons (Fsp3) is 0.238. The number of carbonyl (C=O) groups excluding carboxylic acids is 1. The number of carbonyl (C=O) groups is 1. The van der Waals surface area contributed by atoms with Crippen LogP contribution in [-0.4, -0.2) is 36.1 Å². The van der Waals surface area contributed by atoms with Crippen molar-refractivity contribution in [2.45, 2.75) is 19.1 Å². The van der Waals surface area contributed by atoms with E-state index in [2.05, 4.69) is 32.9 Å². The van der Waals surface area contributed by atoms with Crippen LogP contribution < -0.4 is 10.8 Å². The minimum absolute atomic E-state index is 0.223. The lowest BCUT2D eigenvalue weighted by molar-refractivity contribution is 0.107. The van der Waals surface area contributed by atoms with E-state index in [4.69, 9.17) is 9.57 Å². The fourth-order valence-corrected chi connectivity index (χ4v) is 3.14. The van der Waals surface area contributed by atoms with E-state index in [9.17, 15) is 4.79 Å². The van der Waals surface area contributed by atoms with Crippen molar-refractivity contribution in [1.29, 1.82) is 0 Å². The number of amidine groups is 1. The monoisotopic (exact) mass is 378 g/mol. The summed E-state index contributed by atoms with van der Waals surface area (Å²) in [6.07, 6.45) is 2.31. The van der Waals surface area contributed by atoms with E-state index in [1.165, 1.54) is 10.9 Å². The Morgan fingerprint density at radius 3 is 2.89 bits per heavy atom. The van der Waals surface area contributed by atoms with Crippen LogP contribution in [0.15, 0.2) is 65.8 Å². The molecular weight excluding hydrogens is 356 g/mol. The van der Waals surface area contributed by atoms with Crippen LogP contribution in [0.3, 0.4) is 0 Å². The van der Waals surface area contributed by atoms with Gasteiger partial charge in [0, 0.05) is 23.6 Å². The highest BCUT2D eigenvalue weighted by Gasteiger charge is 2.25. The zero-order chi connectivity index (χ0) is 19.2. The van der Waals surface area contributed by atoms with Gasteiger partial charge in [-0.15, -0.1) is 0 Å². The lowest BCUT2D eigenvalue weighted by Crippen LogP contribution is -2.42. The third kappa shape index (κ3) is 4.32. The van der Waals surface area contributed by atoms with Crippen molar-refractivity contribution >= 4 is 22.8 Å². The molecule has 2 heterocycles. The summed E-state index contributed by atoms with van der Waals surface area (Å²) in [6.45, 7) is 1.12. The largest absolute Gasteiger partial charge is 0.445 e. The van der Waals surface area contributed by atoms with E-state index >= 15 is 0 Å². The molecule has 3 aromatic rings. The Balaban J connectivity index is 1.29. The van der Waals surface area contributed by atoms with E-state index in [0.29, 0.717) is 19.0 Å². The first-order chi connectivity index (χ1) is 13.8. The number of para-hydroxylation sites is 1. The van der Waals surface area contributed by atoms with Gasteiger partial charge in [0.1, 0.15) is 25.1 Å². The molecule has 0 radical (unpaired) electrons. The van der Waals surface area contributed by atoms with E-state index in [0.717, 1.165) is 17.5 Å². The van der Waals surface area contributed by atoms with Gasteiger partial charge in [-0.2, -0.15) is 0 Å². The predicted octanol–water partition coefficient (Wildman–Crippen LogP) is 2.94. The molecule has 7 nitrogen and oxygen atoms in total. The number of aliphatic imine (C=N–C) groups is 1. The first-order valence-corrected chi connectivity index (χ1v) is 9.24. The van der Waals surface area contributed by atoms with E-state index in [1.807, 2.05) is 48.7 Å². The van der Waals surface area contributed by atoms with Gasteiger partial charge in [0.05, 0.1) is 0 Å². The van der Waals surface area contributed by atoms with Gasteiger partial charge in [-0.25, -0.2) is 4.79 Å². The Hall–Kier alpha value is -3.32. The van der Waals surface area contributed by atoms with Gasteiger partial charge in [0.25, 0.3) is 0 Å². The number of ether oxygens (including phenoxy) is 1. The molecule has 3 N–H and O–H groups in total. The molecule has 1 saturated heterocycles. The summed E-state index contributed by atoms with van der Waals surface area (Å²) in [5.74, 6) is 0.608. The minimum atomic E-state index is -0.495. The molecule has 1 amide bonds. The van der Waals surface area contributed by atoms with Gasteiger partial charge in [-0.3, -0.25) is 15.3 Å². The Bertz CT molecular complexity index is 968. The maximum Gasteiger partial charge on any atom is 0.408 e. The van der Waals surface area contributed by atoms with Crippen LogP contribution in [0.5, 0.6) is 0 Å². The topological polar surface area (TPSA) is 87.7 Å². The van der Waals surface area contributed by atoms with E-state index in [1.54, 1.807) is 0 Å². The van der Waals surface area contributed by atoms with Crippen molar-refractivity contribution < 1.29 is 14.4 Å². The molecule has 0 aliphatic carbocycles. The number of aromatic amines is 1. The Morgan fingerprint density at radius 2 is 2.00 bits per heavy atom. The Labute approximate surface area is 162 Å². The molecule has 1 atom stereocenters. The molecule has 1 aliphatic heterocycles. The molecule has 0 saturated carbocycles. The van der Waals surface area contributed by atoms with Crippen LogP contribution in [0.4, 0.5) is 4.79 Å². The standard InChI is InChI=1S/C21H22N4O3/c26-21(27-13-15-6-2-1-3-7-15)24-19-14-28-25-20(19)22-11-10-16-12-23-18-9-5-4-8-17(16)18/h1-9,12,19,23H,10-11,13-14H2,(H,22,25)(H,24,26)/t19-/m1/s1. The molecule has 0 spiro atoms. The summed E-state index contributed by atoms with van der Waals surface area (Å²) < 4.78 is 5.26. The van der Waals surface area contributed by atoms with Gasteiger partial charge < -0.3 is 15.0 Å². The van der Waals surface area contributed by atoms with Gasteiger partial charge in [-0.05, 0) is 23.6 Å². The number of fused-ring (bicyclic) bond motifs is 1. The number of rotatable bonds is 6. The molecule has 7 heteroatoms. The molecule has 2 aromatic carbocycles. The fourth-order valence-electron chi connectivity index (χ4n) is 3.14. The summed E-state index contributed by atoms with van der Waals surface area (Å²) in [5.41, 5.74) is 6.04. The highest BCUT2D eigenvalue weighted by Crippen LogP contribution is 2.18. The zero-order valence-electron chi connectivity index (χ0n) is 15.4. The van der Waals surface area contributed by atoms with Gasteiger partial charge in [0.2, 0.25) is 0 Å². The second-order valence-electron chi connectivity index (χ2n) is 6.55. The van der Waals surface area contributed by atoms with Crippen LogP contribution >= 0.6 is 0 Å². The average molecular weight is 378 g/mol. The van der Waals surface area contributed by atoms with Crippen molar-refractivity contribution in [3.63, 3.8) is 0 Å². The number of amides is 1. The number of hydrogen-bond acceptors (Lipinski definition) is 4. The molecular formula is C21H22N4O3. The summed E-state index contributed by atoms with van der Waals surface area (Å²) in [7, 11) is 0. The normalized spacial score (nSPS) is 17.6. The first-order valence-electron chi connectivity index (χ1n) is 9.24. The maximum atomic E-state index is 12.0. The second-order valence-corrected chi connectivity index (χ2v) is 6.55. The smallest absolute Gasteiger partial charge is 0.408 e. The highest BCUT2D eigenvalue weighted by molar-refractivity contribution is 5.91. The van der Waals surface area contributed by atoms with Crippen molar-refractivity contribution in [2.75, 3.05) is 13.2 Å². The van der Waals surface area contributed by atoms with Crippen molar-refractivity contribution in [2.24, 2.45) is 4.99 Å². The third-order valence-corrected chi connectivity index (χ3v) is 4.60. The van der Waals surface area contributed by atoms with Crippen LogP contribution in [0, 0.1) is 0 Å². The number of aromatic nitrogens is 1. The number of hydroxylamine groups is 1. The summed E-state index contributed by atoms with van der Waals surface area (Å²) in [6, 6.07) is 17.4. The number of nitrogens with one attached hydrogen (secondary N) is 3. The van der Waals surface area contributed by atoms with Crippen LogP contribution in [-0.2, 0) is 22.6 Å². The van der Waals surface area contributed by atoms with Crippen molar-refractivity contribution in [3.8, 4) is 0 Å². The minimum Gasteiger partial charge on any atom is -0.445 e. The van der Waals surface area contributed by atoms with Crippen LogP contribution in [0.2, 0.25) is 0 Å². The number of H-pyrrole nitrogens is 1. The zero-order valence-corrected chi connectivity index (χ0v) is 15.4. The molecule has 1 fully saturated rings. The molecule has 0 unspecified atom stereocenters. The molecule has 144 valence electrons. The summed E-state index contributed by atoms with van der Waals surface area (Å²) in [4.78, 5) is 25.1. The van der Waals surface area contributed by atoms with E-state index < -0.39 is 6.09 Å². The lowest BCUT2D eigenvalue weighted by atomic mass is 10.1. The summed E-state index contributed by atoms with van der Waals surface area (Å²) >= 11 is 0. The van der Waals surface area contributed by atoms with E-state index in [-0.39, 0.29) is 12.6 Å². The van der Waals surface area contributed by atoms with Gasteiger partial charge in [-0.1, -0.05) is 48.5 Å². The quantitative estimate of drug-likeness (QED) is 0.615. The van der Waals surface area contributed by atoms with Crippen molar-refractivity contribution in [3.05, 3.63) is 71.9 Å². The van der Waals surface area contributed by atoms with Crippen molar-refractivity contribution in [1.82, 2.24) is 15.8 Å². The third-order valence-electron chi connectivity index (χ3n) is 4.60. The molecule has 28 heavy (non-hydrogen) atoms. The first kappa shape index (κ1) is 18.1. The van der Waals surface area contributed by atoms with Crippen LogP contribution in [0.1, 0.15) is 11.1 Å². The average Bonchev–Trinajstić information content (AvgIpc) is 3.34. The Kier molecular flexibility index (Phi) is 5.53. The highest BCUT2D eigenvalue weighted by atomic mass is 16.7. The number of benzene rings is 2. The molecule has 4 rings (SSSR count). The number of hydrogen-bond donors (Lipinski definition) is 3.